The molecule has 1 fully saturated rings. The number of hydrogen-bond acceptors (Lipinski definition) is 9. The maximum atomic E-state index is 12.7. The fourth-order valence-corrected chi connectivity index (χ4v) is 5.82. The lowest BCUT2D eigenvalue weighted by molar-refractivity contribution is -0.305. The second-order valence-corrected chi connectivity index (χ2v) is 13.4. The van der Waals surface area contributed by atoms with E-state index < -0.39 is 43.4 Å². The maximum absolute atomic E-state index is 12.7. The van der Waals surface area contributed by atoms with E-state index in [2.05, 4.69) is 26.0 Å². The molecule has 6 atom stereocenters. The summed E-state index contributed by atoms with van der Waals surface area (Å²) >= 11 is 0. The third-order valence-electron chi connectivity index (χ3n) is 8.93. The third-order valence-corrected chi connectivity index (χ3v) is 8.93. The van der Waals surface area contributed by atoms with Crippen molar-refractivity contribution in [3.63, 3.8) is 0 Å². The highest BCUT2D eigenvalue weighted by Crippen LogP contribution is 2.22. The average molecular weight is 673 g/mol. The van der Waals surface area contributed by atoms with Gasteiger partial charge in [-0.15, -0.1) is 0 Å². The number of aliphatic hydroxyl groups excluding tert-OH is 4. The highest BCUT2D eigenvalue weighted by atomic mass is 16.7. The molecule has 0 bridgehead atoms. The number of rotatable bonds is 32. The summed E-state index contributed by atoms with van der Waals surface area (Å²) in [6, 6.07) is 0. The number of ether oxygens (including phenoxy) is 4. The van der Waals surface area contributed by atoms with Gasteiger partial charge in [-0.2, -0.15) is 0 Å². The Bertz CT molecular complexity index is 732. The first-order valence-corrected chi connectivity index (χ1v) is 19.3. The van der Waals surface area contributed by atoms with Gasteiger partial charge in [-0.25, -0.2) is 0 Å². The fourth-order valence-electron chi connectivity index (χ4n) is 5.82. The summed E-state index contributed by atoms with van der Waals surface area (Å²) in [7, 11) is 0. The summed E-state index contributed by atoms with van der Waals surface area (Å²) in [4.78, 5) is 12.7. The van der Waals surface area contributed by atoms with Crippen molar-refractivity contribution in [2.45, 2.75) is 198 Å². The summed E-state index contributed by atoms with van der Waals surface area (Å²) in [6.45, 7) is 4.51. The normalized spacial score (nSPS) is 22.2. The molecule has 0 aromatic rings. The molecule has 6 unspecified atom stereocenters. The van der Waals surface area contributed by atoms with Gasteiger partial charge in [0.15, 0.2) is 6.29 Å². The largest absolute Gasteiger partial charge is 0.457 e. The van der Waals surface area contributed by atoms with Crippen molar-refractivity contribution in [3.05, 3.63) is 12.2 Å². The highest BCUT2D eigenvalue weighted by molar-refractivity contribution is 5.69. The summed E-state index contributed by atoms with van der Waals surface area (Å²) in [5.74, 6) is -0.323. The van der Waals surface area contributed by atoms with Crippen molar-refractivity contribution in [3.8, 4) is 0 Å². The molecule has 278 valence electrons. The molecule has 0 amide bonds. The van der Waals surface area contributed by atoms with E-state index in [9.17, 15) is 25.2 Å². The molecule has 9 heteroatoms. The summed E-state index contributed by atoms with van der Waals surface area (Å²) < 4.78 is 22.7. The van der Waals surface area contributed by atoms with Gasteiger partial charge in [-0.3, -0.25) is 4.79 Å². The molecule has 0 radical (unpaired) electrons. The van der Waals surface area contributed by atoms with Crippen molar-refractivity contribution < 1.29 is 44.2 Å². The Labute approximate surface area is 286 Å². The van der Waals surface area contributed by atoms with E-state index in [1.165, 1.54) is 89.9 Å². The van der Waals surface area contributed by atoms with Gasteiger partial charge in [0.05, 0.1) is 19.8 Å². The zero-order valence-electron chi connectivity index (χ0n) is 30.0. The van der Waals surface area contributed by atoms with Gasteiger partial charge in [-0.1, -0.05) is 135 Å². The van der Waals surface area contributed by atoms with E-state index >= 15 is 0 Å². The Morgan fingerprint density at radius 2 is 1.19 bits per heavy atom. The van der Waals surface area contributed by atoms with E-state index in [0.29, 0.717) is 13.0 Å². The molecule has 9 nitrogen and oxygen atoms in total. The highest BCUT2D eigenvalue weighted by Gasteiger charge is 2.44. The third kappa shape index (κ3) is 23.1. The molecule has 1 rings (SSSR count). The zero-order chi connectivity index (χ0) is 34.4. The maximum Gasteiger partial charge on any atom is 0.306 e. The topological polar surface area (TPSA) is 135 Å². The second-order valence-electron chi connectivity index (χ2n) is 13.4. The van der Waals surface area contributed by atoms with E-state index in [-0.39, 0.29) is 19.2 Å². The van der Waals surface area contributed by atoms with Crippen molar-refractivity contribution in [1.82, 2.24) is 0 Å². The van der Waals surface area contributed by atoms with Gasteiger partial charge in [0.2, 0.25) is 0 Å². The fraction of sp³-hybridized carbons (Fsp3) is 0.921. The summed E-state index contributed by atoms with van der Waals surface area (Å²) in [5.41, 5.74) is 0. The van der Waals surface area contributed by atoms with Crippen LogP contribution in [0, 0.1) is 0 Å². The zero-order valence-corrected chi connectivity index (χ0v) is 30.0. The minimum Gasteiger partial charge on any atom is -0.457 e. The molecule has 0 spiro atoms. The van der Waals surface area contributed by atoms with Crippen LogP contribution >= 0.6 is 0 Å². The van der Waals surface area contributed by atoms with Crippen molar-refractivity contribution in [2.75, 3.05) is 26.4 Å². The number of unbranched alkanes of at least 4 members (excludes halogenated alkanes) is 19. The minimum atomic E-state index is -1.53. The Morgan fingerprint density at radius 1 is 0.660 bits per heavy atom. The Kier molecular flexibility index (Phi) is 28.9. The Balaban J connectivity index is 2.33. The molecule has 1 aliphatic rings. The second kappa shape index (κ2) is 30.9. The lowest BCUT2D eigenvalue weighted by Crippen LogP contribution is -2.59. The van der Waals surface area contributed by atoms with Crippen LogP contribution in [-0.2, 0) is 23.7 Å². The molecule has 1 heterocycles. The number of allylic oxidation sites excluding steroid dienone is 2. The lowest BCUT2D eigenvalue weighted by Gasteiger charge is -2.39. The SMILES string of the molecule is CCCC/C=C\CCCCCCCC(=O)OC(COCCCCCCCCCCCCCCC)COC1OC(CO)C(O)C(O)C1O. The van der Waals surface area contributed by atoms with Crippen LogP contribution in [0.2, 0.25) is 0 Å². The first-order valence-electron chi connectivity index (χ1n) is 19.3. The molecule has 4 N–H and O–H groups in total. The van der Waals surface area contributed by atoms with Crippen LogP contribution in [0.1, 0.15) is 162 Å². The first-order chi connectivity index (χ1) is 22.9. The van der Waals surface area contributed by atoms with E-state index in [4.69, 9.17) is 18.9 Å². The minimum absolute atomic E-state index is 0.112. The van der Waals surface area contributed by atoms with Crippen LogP contribution in [0.25, 0.3) is 0 Å². The molecule has 47 heavy (non-hydrogen) atoms. The van der Waals surface area contributed by atoms with Crippen molar-refractivity contribution >= 4 is 5.97 Å². The molecule has 0 aliphatic carbocycles. The monoisotopic (exact) mass is 673 g/mol. The number of hydrogen-bond donors (Lipinski definition) is 4. The van der Waals surface area contributed by atoms with E-state index in [0.717, 1.165) is 51.4 Å². The van der Waals surface area contributed by atoms with Gasteiger partial charge < -0.3 is 39.4 Å². The standard InChI is InChI=1S/C38H72O9/c1-3-5-7-9-11-13-15-16-18-20-22-24-26-28-44-30-32(31-45-38-37(43)36(42)35(41)33(29-39)47-38)46-34(40)27-25-23-21-19-17-14-12-10-8-6-4-2/h10,12,32-33,35-39,41-43H,3-9,11,13-31H2,1-2H3/b12-10-. The van der Waals surface area contributed by atoms with Gasteiger partial charge in [-0.05, 0) is 32.1 Å². The molecular weight excluding hydrogens is 600 g/mol. The number of carbonyl (C=O) groups excluding carboxylic acids is 1. The average Bonchev–Trinajstić information content (AvgIpc) is 3.07. The first kappa shape index (κ1) is 44.0. The van der Waals surface area contributed by atoms with E-state index in [1.54, 1.807) is 0 Å². The van der Waals surface area contributed by atoms with Gasteiger partial charge in [0.1, 0.15) is 30.5 Å². The number of carbonyl (C=O) groups is 1. The van der Waals surface area contributed by atoms with Crippen LogP contribution in [0.3, 0.4) is 0 Å². The molecule has 0 aromatic heterocycles. The van der Waals surface area contributed by atoms with Gasteiger partial charge in [0.25, 0.3) is 0 Å². The molecule has 1 aliphatic heterocycles. The number of esters is 1. The smallest absolute Gasteiger partial charge is 0.306 e. The quantitative estimate of drug-likeness (QED) is 0.0330. The Morgan fingerprint density at radius 3 is 1.79 bits per heavy atom. The Hall–Kier alpha value is -1.07. The predicted octanol–water partition coefficient (Wildman–Crippen LogP) is 7.30. The van der Waals surface area contributed by atoms with Crippen molar-refractivity contribution in [2.24, 2.45) is 0 Å². The van der Waals surface area contributed by atoms with Crippen LogP contribution in [0.5, 0.6) is 0 Å². The molecule has 0 aromatic carbocycles. The summed E-state index contributed by atoms with van der Waals surface area (Å²) in [5, 5.41) is 39.9. The predicted molar refractivity (Wildman–Crippen MR) is 187 cm³/mol. The molecular formula is C38H72O9. The van der Waals surface area contributed by atoms with Crippen LogP contribution in [-0.4, -0.2) is 89.6 Å². The van der Waals surface area contributed by atoms with Gasteiger partial charge >= 0.3 is 5.97 Å². The lowest BCUT2D eigenvalue weighted by atomic mass is 9.99. The van der Waals surface area contributed by atoms with Crippen LogP contribution in [0.15, 0.2) is 12.2 Å². The van der Waals surface area contributed by atoms with Crippen LogP contribution < -0.4 is 0 Å². The van der Waals surface area contributed by atoms with Gasteiger partial charge in [0, 0.05) is 13.0 Å². The summed E-state index contributed by atoms with van der Waals surface area (Å²) in [6.07, 6.45) is 23.8. The van der Waals surface area contributed by atoms with Crippen LogP contribution in [0.4, 0.5) is 0 Å². The van der Waals surface area contributed by atoms with E-state index in [1.807, 2.05) is 0 Å². The van der Waals surface area contributed by atoms with Crippen molar-refractivity contribution in [1.29, 1.82) is 0 Å². The number of aliphatic hydroxyl groups is 4. The molecule has 0 saturated carbocycles. The molecule has 1 saturated heterocycles.